The molecule has 84 valence electrons. The largest absolute Gasteiger partial charge is 0.395 e. The molecule has 0 aromatic carbocycles. The van der Waals surface area contributed by atoms with Gasteiger partial charge in [-0.3, -0.25) is 9.48 Å². The number of aliphatic hydroxyl groups is 1. The number of hydrogen-bond acceptors (Lipinski definition) is 3. The molecule has 1 heterocycles. The van der Waals surface area contributed by atoms with E-state index in [9.17, 15) is 4.79 Å². The number of rotatable bonds is 4. The Hall–Kier alpha value is -1.36. The Balaban J connectivity index is 2.87. The fourth-order valence-corrected chi connectivity index (χ4v) is 1.50. The summed E-state index contributed by atoms with van der Waals surface area (Å²) in [6.45, 7) is 4.63. The number of nitrogens with zero attached hydrogens (tertiary/aromatic N) is 3. The van der Waals surface area contributed by atoms with E-state index >= 15 is 0 Å². The number of aliphatic hydroxyl groups excluding tert-OH is 1. The summed E-state index contributed by atoms with van der Waals surface area (Å²) >= 11 is 0. The molecule has 1 aromatic rings. The van der Waals surface area contributed by atoms with Gasteiger partial charge in [0.05, 0.1) is 17.9 Å². The lowest BCUT2D eigenvalue weighted by Gasteiger charge is -2.18. The molecule has 0 aliphatic carbocycles. The molecule has 0 spiro atoms. The Morgan fingerprint density at radius 2 is 2.33 bits per heavy atom. The molecular formula is C10H17N3O2. The molecule has 0 radical (unpaired) electrons. The first-order chi connectivity index (χ1) is 7.10. The topological polar surface area (TPSA) is 58.4 Å². The number of hydrogen-bond donors (Lipinski definition) is 1. The Bertz CT molecular complexity index is 346. The van der Waals surface area contributed by atoms with Crippen molar-refractivity contribution in [1.82, 2.24) is 14.7 Å². The predicted octanol–water partition coefficient (Wildman–Crippen LogP) is 0.183. The van der Waals surface area contributed by atoms with Crippen LogP contribution in [0.3, 0.4) is 0 Å². The van der Waals surface area contributed by atoms with Crippen molar-refractivity contribution in [3.05, 3.63) is 17.5 Å². The van der Waals surface area contributed by atoms with Crippen molar-refractivity contribution in [2.24, 2.45) is 7.05 Å². The highest BCUT2D eigenvalue weighted by Gasteiger charge is 2.17. The minimum atomic E-state index is -0.0721. The van der Waals surface area contributed by atoms with Crippen molar-refractivity contribution < 1.29 is 9.90 Å². The van der Waals surface area contributed by atoms with Crippen molar-refractivity contribution in [1.29, 1.82) is 0 Å². The monoisotopic (exact) mass is 211 g/mol. The molecule has 0 atom stereocenters. The lowest BCUT2D eigenvalue weighted by molar-refractivity contribution is 0.0731. The quantitative estimate of drug-likeness (QED) is 0.773. The van der Waals surface area contributed by atoms with E-state index in [0.717, 1.165) is 5.69 Å². The van der Waals surface area contributed by atoms with Crippen LogP contribution < -0.4 is 0 Å². The Labute approximate surface area is 89.3 Å². The molecule has 0 bridgehead atoms. The van der Waals surface area contributed by atoms with E-state index in [0.29, 0.717) is 18.7 Å². The number of carbonyl (C=O) groups is 1. The van der Waals surface area contributed by atoms with E-state index < -0.39 is 0 Å². The van der Waals surface area contributed by atoms with Crippen LogP contribution in [-0.4, -0.2) is 45.4 Å². The first-order valence-electron chi connectivity index (χ1n) is 5.00. The van der Waals surface area contributed by atoms with Crippen LogP contribution in [0.2, 0.25) is 0 Å². The van der Waals surface area contributed by atoms with E-state index in [2.05, 4.69) is 5.10 Å². The number of amides is 1. The highest BCUT2D eigenvalue weighted by atomic mass is 16.3. The summed E-state index contributed by atoms with van der Waals surface area (Å²) in [5.74, 6) is -0.0721. The summed E-state index contributed by atoms with van der Waals surface area (Å²) in [5.41, 5.74) is 1.33. The van der Waals surface area contributed by atoms with Gasteiger partial charge in [0, 0.05) is 26.3 Å². The molecule has 5 nitrogen and oxygen atoms in total. The van der Waals surface area contributed by atoms with Crippen molar-refractivity contribution in [2.45, 2.75) is 13.8 Å². The van der Waals surface area contributed by atoms with Gasteiger partial charge in [0.25, 0.3) is 5.91 Å². The van der Waals surface area contributed by atoms with Gasteiger partial charge >= 0.3 is 0 Å². The molecule has 1 aromatic heterocycles. The molecule has 0 unspecified atom stereocenters. The number of likely N-dealkylation sites (N-methyl/N-ethyl adjacent to an activating group) is 1. The number of aromatic nitrogens is 2. The molecule has 1 rings (SSSR count). The van der Waals surface area contributed by atoms with Crippen LogP contribution in [0.5, 0.6) is 0 Å². The van der Waals surface area contributed by atoms with E-state index in [-0.39, 0.29) is 12.5 Å². The fourth-order valence-electron chi connectivity index (χ4n) is 1.50. The SMILES string of the molecule is CCN(CCO)C(=O)c1cn(C)nc1C. The van der Waals surface area contributed by atoms with E-state index in [1.54, 1.807) is 29.7 Å². The molecule has 15 heavy (non-hydrogen) atoms. The highest BCUT2D eigenvalue weighted by molar-refractivity contribution is 5.95. The van der Waals surface area contributed by atoms with Crippen LogP contribution in [0.1, 0.15) is 23.0 Å². The van der Waals surface area contributed by atoms with Gasteiger partial charge in [-0.05, 0) is 13.8 Å². The maximum atomic E-state index is 12.0. The minimum Gasteiger partial charge on any atom is -0.395 e. The minimum absolute atomic E-state index is 0.0150. The average molecular weight is 211 g/mol. The Morgan fingerprint density at radius 1 is 1.67 bits per heavy atom. The Kier molecular flexibility index (Phi) is 3.85. The zero-order valence-corrected chi connectivity index (χ0v) is 9.40. The molecule has 1 N–H and O–H groups in total. The van der Waals surface area contributed by atoms with Crippen molar-refractivity contribution in [2.75, 3.05) is 19.7 Å². The maximum absolute atomic E-state index is 12.0. The standard InChI is InChI=1S/C10H17N3O2/c1-4-13(5-6-14)10(15)9-7-12(3)11-8(9)2/h7,14H,4-6H2,1-3H3. The predicted molar refractivity (Wildman–Crippen MR) is 56.6 cm³/mol. The highest BCUT2D eigenvalue weighted by Crippen LogP contribution is 2.08. The molecular weight excluding hydrogens is 194 g/mol. The van der Waals surface area contributed by atoms with Gasteiger partial charge in [-0.2, -0.15) is 5.10 Å². The van der Waals surface area contributed by atoms with Gasteiger partial charge in [0.15, 0.2) is 0 Å². The fraction of sp³-hybridized carbons (Fsp3) is 0.600. The number of aryl methyl sites for hydroxylation is 2. The first kappa shape index (κ1) is 11.7. The van der Waals surface area contributed by atoms with Crippen molar-refractivity contribution >= 4 is 5.91 Å². The lowest BCUT2D eigenvalue weighted by Crippen LogP contribution is -2.33. The summed E-state index contributed by atoms with van der Waals surface area (Å²) in [6.07, 6.45) is 1.71. The summed E-state index contributed by atoms with van der Waals surface area (Å²) < 4.78 is 1.62. The van der Waals surface area contributed by atoms with E-state index in [1.165, 1.54) is 0 Å². The van der Waals surface area contributed by atoms with Crippen LogP contribution in [0.4, 0.5) is 0 Å². The summed E-state index contributed by atoms with van der Waals surface area (Å²) in [5, 5.41) is 12.9. The van der Waals surface area contributed by atoms with Gasteiger partial charge in [-0.15, -0.1) is 0 Å². The van der Waals surface area contributed by atoms with Gasteiger partial charge in [-0.25, -0.2) is 0 Å². The molecule has 0 saturated carbocycles. The lowest BCUT2D eigenvalue weighted by atomic mass is 10.2. The van der Waals surface area contributed by atoms with Crippen LogP contribution in [0, 0.1) is 6.92 Å². The first-order valence-corrected chi connectivity index (χ1v) is 5.00. The molecule has 5 heteroatoms. The third-order valence-electron chi connectivity index (χ3n) is 2.28. The van der Waals surface area contributed by atoms with Crippen molar-refractivity contribution in [3.8, 4) is 0 Å². The maximum Gasteiger partial charge on any atom is 0.257 e. The second-order valence-corrected chi connectivity index (χ2v) is 3.41. The Morgan fingerprint density at radius 3 is 2.73 bits per heavy atom. The second kappa shape index (κ2) is 4.93. The van der Waals surface area contributed by atoms with Crippen LogP contribution in [0.25, 0.3) is 0 Å². The molecule has 0 saturated heterocycles. The van der Waals surface area contributed by atoms with Gasteiger partial charge in [-0.1, -0.05) is 0 Å². The normalized spacial score (nSPS) is 10.4. The zero-order valence-electron chi connectivity index (χ0n) is 9.40. The number of carbonyl (C=O) groups excluding carboxylic acids is 1. The van der Waals surface area contributed by atoms with Gasteiger partial charge in [0.2, 0.25) is 0 Å². The second-order valence-electron chi connectivity index (χ2n) is 3.41. The third-order valence-corrected chi connectivity index (χ3v) is 2.28. The van der Waals surface area contributed by atoms with Crippen LogP contribution in [0.15, 0.2) is 6.20 Å². The average Bonchev–Trinajstić information content (AvgIpc) is 2.53. The third kappa shape index (κ3) is 2.56. The molecule has 0 fully saturated rings. The van der Waals surface area contributed by atoms with Crippen molar-refractivity contribution in [3.63, 3.8) is 0 Å². The van der Waals surface area contributed by atoms with E-state index in [1.807, 2.05) is 6.92 Å². The summed E-state index contributed by atoms with van der Waals surface area (Å²) in [4.78, 5) is 13.6. The van der Waals surface area contributed by atoms with Crippen LogP contribution in [-0.2, 0) is 7.05 Å². The van der Waals surface area contributed by atoms with E-state index in [4.69, 9.17) is 5.11 Å². The zero-order chi connectivity index (χ0) is 11.4. The summed E-state index contributed by atoms with van der Waals surface area (Å²) in [6, 6.07) is 0. The summed E-state index contributed by atoms with van der Waals surface area (Å²) in [7, 11) is 1.78. The van der Waals surface area contributed by atoms with Gasteiger partial charge in [0.1, 0.15) is 0 Å². The molecule has 1 amide bonds. The molecule has 0 aliphatic heterocycles. The smallest absolute Gasteiger partial charge is 0.257 e. The molecule has 0 aliphatic rings. The van der Waals surface area contributed by atoms with Gasteiger partial charge < -0.3 is 10.0 Å². The van der Waals surface area contributed by atoms with Crippen LogP contribution >= 0.6 is 0 Å².